The fraction of sp³-hybridized carbons (Fsp3) is 0.368. The fourth-order valence-electron chi connectivity index (χ4n) is 2.88. The third kappa shape index (κ3) is 4.93. The van der Waals surface area contributed by atoms with E-state index in [-0.39, 0.29) is 24.3 Å². The standard InChI is InChI=1S/C19H23FN6O2/c1-14(17(27)23-13-15-5-2-3-6-16(15)20)24-19(28)26-11-9-25(10-12-26)18-21-7-4-8-22-18/h2-8,14H,9-13H2,1H3,(H,23,27)(H,24,28). The number of piperazine rings is 1. The Morgan fingerprint density at radius 3 is 2.46 bits per heavy atom. The number of anilines is 1. The summed E-state index contributed by atoms with van der Waals surface area (Å²) in [5, 5.41) is 5.33. The zero-order chi connectivity index (χ0) is 19.9. The second-order valence-corrected chi connectivity index (χ2v) is 6.50. The average molecular weight is 386 g/mol. The van der Waals surface area contributed by atoms with Crippen LogP contribution in [0.15, 0.2) is 42.7 Å². The summed E-state index contributed by atoms with van der Waals surface area (Å²) in [7, 11) is 0. The summed E-state index contributed by atoms with van der Waals surface area (Å²) >= 11 is 0. The minimum absolute atomic E-state index is 0.0709. The quantitative estimate of drug-likeness (QED) is 0.805. The van der Waals surface area contributed by atoms with Gasteiger partial charge in [0.1, 0.15) is 11.9 Å². The molecule has 1 aromatic heterocycles. The summed E-state index contributed by atoms with van der Waals surface area (Å²) in [4.78, 5) is 36.7. The first kappa shape index (κ1) is 19.5. The zero-order valence-corrected chi connectivity index (χ0v) is 15.6. The lowest BCUT2D eigenvalue weighted by molar-refractivity contribution is -0.122. The van der Waals surface area contributed by atoms with Crippen molar-refractivity contribution in [3.63, 3.8) is 0 Å². The van der Waals surface area contributed by atoms with E-state index in [4.69, 9.17) is 0 Å². The van der Waals surface area contributed by atoms with Crippen LogP contribution in [0.4, 0.5) is 15.1 Å². The maximum atomic E-state index is 13.6. The summed E-state index contributed by atoms with van der Waals surface area (Å²) in [6.45, 7) is 3.92. The molecular formula is C19H23FN6O2. The van der Waals surface area contributed by atoms with E-state index in [0.717, 1.165) is 0 Å². The summed E-state index contributed by atoms with van der Waals surface area (Å²) < 4.78 is 13.6. The van der Waals surface area contributed by atoms with Crippen LogP contribution in [0.5, 0.6) is 0 Å². The molecule has 0 bridgehead atoms. The van der Waals surface area contributed by atoms with Gasteiger partial charge in [0.2, 0.25) is 11.9 Å². The van der Waals surface area contributed by atoms with Gasteiger partial charge in [0.15, 0.2) is 0 Å². The molecule has 2 heterocycles. The van der Waals surface area contributed by atoms with Gasteiger partial charge in [-0.2, -0.15) is 0 Å². The van der Waals surface area contributed by atoms with E-state index in [2.05, 4.69) is 20.6 Å². The molecule has 1 unspecified atom stereocenters. The lowest BCUT2D eigenvalue weighted by atomic mass is 10.2. The average Bonchev–Trinajstić information content (AvgIpc) is 2.73. The highest BCUT2D eigenvalue weighted by Crippen LogP contribution is 2.10. The summed E-state index contributed by atoms with van der Waals surface area (Å²) in [5.41, 5.74) is 0.397. The van der Waals surface area contributed by atoms with E-state index < -0.39 is 6.04 Å². The molecule has 0 saturated carbocycles. The number of amides is 3. The van der Waals surface area contributed by atoms with Crippen LogP contribution in [0.1, 0.15) is 12.5 Å². The molecule has 2 aromatic rings. The molecule has 3 amide bonds. The van der Waals surface area contributed by atoms with E-state index >= 15 is 0 Å². The molecule has 2 N–H and O–H groups in total. The zero-order valence-electron chi connectivity index (χ0n) is 15.6. The number of urea groups is 1. The Morgan fingerprint density at radius 2 is 1.79 bits per heavy atom. The summed E-state index contributed by atoms with van der Waals surface area (Å²) in [5.74, 6) is -0.101. The highest BCUT2D eigenvalue weighted by atomic mass is 19.1. The normalized spacial score (nSPS) is 15.1. The monoisotopic (exact) mass is 386 g/mol. The van der Waals surface area contributed by atoms with Crippen molar-refractivity contribution in [2.75, 3.05) is 31.1 Å². The first-order chi connectivity index (χ1) is 13.5. The lowest BCUT2D eigenvalue weighted by Crippen LogP contribution is -2.55. The molecule has 8 nitrogen and oxygen atoms in total. The maximum Gasteiger partial charge on any atom is 0.318 e. The second-order valence-electron chi connectivity index (χ2n) is 6.50. The Balaban J connectivity index is 1.44. The molecule has 148 valence electrons. The van der Waals surface area contributed by atoms with Gasteiger partial charge in [-0.25, -0.2) is 19.2 Å². The Morgan fingerprint density at radius 1 is 1.11 bits per heavy atom. The lowest BCUT2D eigenvalue weighted by Gasteiger charge is -2.35. The third-order valence-electron chi connectivity index (χ3n) is 4.55. The van der Waals surface area contributed by atoms with E-state index in [9.17, 15) is 14.0 Å². The van der Waals surface area contributed by atoms with Crippen molar-refractivity contribution in [2.24, 2.45) is 0 Å². The van der Waals surface area contributed by atoms with Crippen LogP contribution in [0.2, 0.25) is 0 Å². The van der Waals surface area contributed by atoms with Crippen molar-refractivity contribution >= 4 is 17.9 Å². The van der Waals surface area contributed by atoms with Crippen LogP contribution in [0.3, 0.4) is 0 Å². The van der Waals surface area contributed by atoms with Gasteiger partial charge in [-0.1, -0.05) is 18.2 Å². The van der Waals surface area contributed by atoms with Gasteiger partial charge in [0.05, 0.1) is 0 Å². The molecule has 1 aromatic carbocycles. The minimum Gasteiger partial charge on any atom is -0.350 e. The highest BCUT2D eigenvalue weighted by Gasteiger charge is 2.24. The van der Waals surface area contributed by atoms with E-state index in [0.29, 0.717) is 37.7 Å². The van der Waals surface area contributed by atoms with Gasteiger partial charge < -0.3 is 20.4 Å². The molecule has 9 heteroatoms. The number of carbonyl (C=O) groups is 2. The number of nitrogens with one attached hydrogen (secondary N) is 2. The molecule has 1 aliphatic heterocycles. The molecule has 1 saturated heterocycles. The van der Waals surface area contributed by atoms with Gasteiger partial charge in [0, 0.05) is 50.7 Å². The summed E-state index contributed by atoms with van der Waals surface area (Å²) in [6.07, 6.45) is 3.37. The Kier molecular flexibility index (Phi) is 6.36. The summed E-state index contributed by atoms with van der Waals surface area (Å²) in [6, 6.07) is 6.97. The Bertz CT molecular complexity index is 811. The first-order valence-corrected chi connectivity index (χ1v) is 9.13. The molecule has 1 aliphatic rings. The SMILES string of the molecule is CC(NC(=O)N1CCN(c2ncccn2)CC1)C(=O)NCc1ccccc1F. The number of halogens is 1. The van der Waals surface area contributed by atoms with Crippen LogP contribution in [0, 0.1) is 5.82 Å². The van der Waals surface area contributed by atoms with Crippen LogP contribution in [-0.2, 0) is 11.3 Å². The van der Waals surface area contributed by atoms with Gasteiger partial charge in [-0.15, -0.1) is 0 Å². The molecule has 0 aliphatic carbocycles. The van der Waals surface area contributed by atoms with Crippen LogP contribution < -0.4 is 15.5 Å². The smallest absolute Gasteiger partial charge is 0.318 e. The Labute approximate surface area is 162 Å². The van der Waals surface area contributed by atoms with Gasteiger partial charge in [0.25, 0.3) is 0 Å². The second kappa shape index (κ2) is 9.12. The third-order valence-corrected chi connectivity index (χ3v) is 4.55. The predicted molar refractivity (Wildman–Crippen MR) is 102 cm³/mol. The van der Waals surface area contributed by atoms with Gasteiger partial charge in [-0.3, -0.25) is 4.79 Å². The molecule has 1 atom stereocenters. The fourth-order valence-corrected chi connectivity index (χ4v) is 2.88. The van der Waals surface area contributed by atoms with Crippen LogP contribution in [0.25, 0.3) is 0 Å². The molecule has 0 radical (unpaired) electrons. The minimum atomic E-state index is -0.727. The number of hydrogen-bond donors (Lipinski definition) is 2. The van der Waals surface area contributed by atoms with Crippen molar-refractivity contribution in [1.29, 1.82) is 0 Å². The largest absolute Gasteiger partial charge is 0.350 e. The maximum absolute atomic E-state index is 13.6. The van der Waals surface area contributed by atoms with E-state index in [1.165, 1.54) is 6.07 Å². The number of carbonyl (C=O) groups excluding carboxylic acids is 2. The number of aromatic nitrogens is 2. The highest BCUT2D eigenvalue weighted by molar-refractivity contribution is 5.86. The topological polar surface area (TPSA) is 90.5 Å². The molecular weight excluding hydrogens is 363 g/mol. The molecule has 1 fully saturated rings. The van der Waals surface area contributed by atoms with Crippen molar-refractivity contribution in [3.05, 3.63) is 54.1 Å². The number of hydrogen-bond acceptors (Lipinski definition) is 5. The predicted octanol–water partition coefficient (Wildman–Crippen LogP) is 1.15. The van der Waals surface area contributed by atoms with E-state index in [1.807, 2.05) is 4.90 Å². The van der Waals surface area contributed by atoms with E-state index in [1.54, 1.807) is 48.5 Å². The molecule has 0 spiro atoms. The van der Waals surface area contributed by atoms with Crippen molar-refractivity contribution in [2.45, 2.75) is 19.5 Å². The van der Waals surface area contributed by atoms with Crippen molar-refractivity contribution < 1.29 is 14.0 Å². The van der Waals surface area contributed by atoms with Crippen molar-refractivity contribution in [3.8, 4) is 0 Å². The number of rotatable bonds is 5. The van der Waals surface area contributed by atoms with Crippen LogP contribution >= 0.6 is 0 Å². The molecule has 3 rings (SSSR count). The number of benzene rings is 1. The first-order valence-electron chi connectivity index (χ1n) is 9.13. The van der Waals surface area contributed by atoms with Gasteiger partial charge in [-0.05, 0) is 19.1 Å². The van der Waals surface area contributed by atoms with Crippen LogP contribution in [-0.4, -0.2) is 59.0 Å². The number of nitrogens with zero attached hydrogens (tertiary/aromatic N) is 4. The molecule has 28 heavy (non-hydrogen) atoms. The van der Waals surface area contributed by atoms with Gasteiger partial charge >= 0.3 is 6.03 Å². The van der Waals surface area contributed by atoms with Crippen molar-refractivity contribution in [1.82, 2.24) is 25.5 Å². The Hall–Kier alpha value is -3.23.